The highest BCUT2D eigenvalue weighted by molar-refractivity contribution is 8.18. The number of rotatable bonds is 6. The third-order valence-corrected chi connectivity index (χ3v) is 5.25. The van der Waals surface area contributed by atoms with Crippen molar-refractivity contribution in [3.8, 4) is 11.5 Å². The zero-order valence-corrected chi connectivity index (χ0v) is 17.9. The van der Waals surface area contributed by atoms with Crippen molar-refractivity contribution in [1.29, 1.82) is 0 Å². The smallest absolute Gasteiger partial charge is 0.335 e. The van der Waals surface area contributed by atoms with Crippen LogP contribution in [0.15, 0.2) is 52.4 Å². The van der Waals surface area contributed by atoms with E-state index in [1.54, 1.807) is 38.4 Å². The summed E-state index contributed by atoms with van der Waals surface area (Å²) in [6, 6.07) is 11.8. The number of nitrogens with zero attached hydrogens (tertiary/aromatic N) is 2. The molecule has 30 heavy (non-hydrogen) atoms. The topological polar surface area (TPSA) is 88.4 Å². The van der Waals surface area contributed by atoms with E-state index < -0.39 is 5.97 Å². The molecule has 1 aliphatic heterocycles. The number of aromatic carboxylic acids is 1. The van der Waals surface area contributed by atoms with Crippen LogP contribution in [-0.2, 0) is 4.79 Å². The molecule has 1 amide bonds. The van der Waals surface area contributed by atoms with Gasteiger partial charge in [0.05, 0.1) is 29.4 Å². The van der Waals surface area contributed by atoms with Gasteiger partial charge in [-0.2, -0.15) is 0 Å². The highest BCUT2D eigenvalue weighted by Gasteiger charge is 2.31. The van der Waals surface area contributed by atoms with Crippen molar-refractivity contribution >= 4 is 40.6 Å². The molecule has 1 fully saturated rings. The number of amidine groups is 1. The van der Waals surface area contributed by atoms with Gasteiger partial charge in [0.25, 0.3) is 5.91 Å². The molecule has 0 aromatic heterocycles. The predicted octanol–water partition coefficient (Wildman–Crippen LogP) is 4.41. The lowest BCUT2D eigenvalue weighted by Crippen LogP contribution is -2.23. The van der Waals surface area contributed by atoms with Gasteiger partial charge in [0.2, 0.25) is 0 Å². The SMILES string of the molecule is COc1cccc(/C=C2\SC(=Nc3cccc(C(=O)O)c3)N(C)C2=O)c1OC(C)C. The van der Waals surface area contributed by atoms with Gasteiger partial charge in [-0.1, -0.05) is 18.2 Å². The average molecular weight is 426 g/mol. The van der Waals surface area contributed by atoms with E-state index >= 15 is 0 Å². The molecular weight excluding hydrogens is 404 g/mol. The Morgan fingerprint density at radius 3 is 2.63 bits per heavy atom. The largest absolute Gasteiger partial charge is 0.493 e. The number of benzene rings is 2. The van der Waals surface area contributed by atoms with Crippen molar-refractivity contribution in [2.24, 2.45) is 4.99 Å². The van der Waals surface area contributed by atoms with E-state index in [0.29, 0.717) is 27.3 Å². The molecule has 0 radical (unpaired) electrons. The summed E-state index contributed by atoms with van der Waals surface area (Å²) in [5.74, 6) is -0.0809. The van der Waals surface area contributed by atoms with Gasteiger partial charge in [0.1, 0.15) is 0 Å². The molecule has 2 aromatic rings. The number of ether oxygens (including phenoxy) is 2. The van der Waals surface area contributed by atoms with Gasteiger partial charge in [0, 0.05) is 12.6 Å². The van der Waals surface area contributed by atoms with Crippen LogP contribution in [0.25, 0.3) is 6.08 Å². The molecule has 156 valence electrons. The van der Waals surface area contributed by atoms with E-state index in [2.05, 4.69) is 4.99 Å². The summed E-state index contributed by atoms with van der Waals surface area (Å²) in [6.07, 6.45) is 1.69. The summed E-state index contributed by atoms with van der Waals surface area (Å²) in [6.45, 7) is 3.84. The Balaban J connectivity index is 1.96. The fraction of sp³-hybridized carbons (Fsp3) is 0.227. The van der Waals surface area contributed by atoms with Gasteiger partial charge in [-0.25, -0.2) is 9.79 Å². The van der Waals surface area contributed by atoms with Gasteiger partial charge in [-0.3, -0.25) is 9.69 Å². The van der Waals surface area contributed by atoms with Crippen molar-refractivity contribution in [3.63, 3.8) is 0 Å². The lowest BCUT2D eigenvalue weighted by atomic mass is 10.1. The predicted molar refractivity (Wildman–Crippen MR) is 118 cm³/mol. The number of para-hydroxylation sites is 1. The van der Waals surface area contributed by atoms with Gasteiger partial charge < -0.3 is 14.6 Å². The lowest BCUT2D eigenvalue weighted by Gasteiger charge is -2.16. The minimum Gasteiger partial charge on any atom is -0.493 e. The molecule has 0 spiro atoms. The Hall–Kier alpha value is -3.26. The van der Waals surface area contributed by atoms with Crippen molar-refractivity contribution in [3.05, 3.63) is 58.5 Å². The summed E-state index contributed by atoms with van der Waals surface area (Å²) in [5.41, 5.74) is 1.32. The Labute approximate surface area is 179 Å². The summed E-state index contributed by atoms with van der Waals surface area (Å²) in [4.78, 5) is 30.3. The standard InChI is InChI=1S/C22H22N2O5S/c1-13(2)29-19-14(7-6-10-17(19)28-4)12-18-20(25)24(3)22(30-18)23-16-9-5-8-15(11-16)21(26)27/h5-13H,1-4H3,(H,26,27)/b18-12-,23-22?. The van der Waals surface area contributed by atoms with Crippen LogP contribution >= 0.6 is 11.8 Å². The first kappa shape index (κ1) is 21.4. The summed E-state index contributed by atoms with van der Waals surface area (Å²) in [7, 11) is 3.20. The number of carboxylic acid groups (broad SMARTS) is 1. The molecule has 7 nitrogen and oxygen atoms in total. The molecule has 2 aromatic carbocycles. The number of methoxy groups -OCH3 is 1. The van der Waals surface area contributed by atoms with E-state index in [-0.39, 0.29) is 17.6 Å². The molecular formula is C22H22N2O5S. The van der Waals surface area contributed by atoms with E-state index in [1.165, 1.54) is 28.8 Å². The maximum absolute atomic E-state index is 12.8. The molecule has 0 unspecified atom stereocenters. The molecule has 0 aliphatic carbocycles. The summed E-state index contributed by atoms with van der Waals surface area (Å²) < 4.78 is 11.3. The zero-order chi connectivity index (χ0) is 21.8. The van der Waals surface area contributed by atoms with E-state index in [0.717, 1.165) is 5.56 Å². The summed E-state index contributed by atoms with van der Waals surface area (Å²) in [5, 5.41) is 9.61. The van der Waals surface area contributed by atoms with Gasteiger partial charge in [-0.15, -0.1) is 0 Å². The van der Waals surface area contributed by atoms with E-state index in [1.807, 2.05) is 26.0 Å². The van der Waals surface area contributed by atoms with E-state index in [9.17, 15) is 9.59 Å². The van der Waals surface area contributed by atoms with Crippen LogP contribution < -0.4 is 9.47 Å². The minimum atomic E-state index is -1.03. The Bertz CT molecular complexity index is 1050. The summed E-state index contributed by atoms with van der Waals surface area (Å²) >= 11 is 1.22. The number of thioether (sulfide) groups is 1. The van der Waals surface area contributed by atoms with E-state index in [4.69, 9.17) is 14.6 Å². The second kappa shape index (κ2) is 9.04. The number of amides is 1. The van der Waals surface area contributed by atoms with Crippen molar-refractivity contribution in [1.82, 2.24) is 4.90 Å². The maximum atomic E-state index is 12.8. The molecule has 1 saturated heterocycles. The number of likely N-dealkylation sites (N-methyl/N-ethyl adjacent to an activating group) is 1. The number of carbonyl (C=O) groups excluding carboxylic acids is 1. The van der Waals surface area contributed by atoms with Gasteiger partial charge in [-0.05, 0) is 56.0 Å². The van der Waals surface area contributed by atoms with Crippen LogP contribution in [0.2, 0.25) is 0 Å². The van der Waals surface area contributed by atoms with Gasteiger partial charge in [0.15, 0.2) is 16.7 Å². The number of aliphatic imine (C=N–C) groups is 1. The molecule has 1 N–H and O–H groups in total. The molecule has 1 aliphatic rings. The molecule has 1 heterocycles. The molecule has 8 heteroatoms. The zero-order valence-electron chi connectivity index (χ0n) is 17.1. The van der Waals surface area contributed by atoms with Crippen LogP contribution in [0.1, 0.15) is 29.8 Å². The average Bonchev–Trinajstić information content (AvgIpc) is 2.97. The number of hydrogen-bond donors (Lipinski definition) is 1. The maximum Gasteiger partial charge on any atom is 0.335 e. The molecule has 0 bridgehead atoms. The second-order valence-electron chi connectivity index (χ2n) is 6.77. The fourth-order valence-corrected chi connectivity index (χ4v) is 3.76. The van der Waals surface area contributed by atoms with Crippen LogP contribution in [-0.4, -0.2) is 47.3 Å². The minimum absolute atomic E-state index is 0.0632. The van der Waals surface area contributed by atoms with Crippen LogP contribution in [0.3, 0.4) is 0 Å². The van der Waals surface area contributed by atoms with Crippen molar-refractivity contribution < 1.29 is 24.2 Å². The first-order chi connectivity index (χ1) is 14.3. The molecule has 3 rings (SSSR count). The van der Waals surface area contributed by atoms with Crippen molar-refractivity contribution in [2.45, 2.75) is 20.0 Å². The number of carbonyl (C=O) groups is 2. The molecule has 0 atom stereocenters. The second-order valence-corrected chi connectivity index (χ2v) is 7.78. The normalized spacial score (nSPS) is 16.6. The fourth-order valence-electron chi connectivity index (χ4n) is 2.78. The first-order valence-corrected chi connectivity index (χ1v) is 10.0. The Morgan fingerprint density at radius 1 is 1.23 bits per heavy atom. The monoisotopic (exact) mass is 426 g/mol. The Morgan fingerprint density at radius 2 is 1.97 bits per heavy atom. The first-order valence-electron chi connectivity index (χ1n) is 9.23. The third-order valence-electron chi connectivity index (χ3n) is 4.19. The van der Waals surface area contributed by atoms with Crippen LogP contribution in [0, 0.1) is 0 Å². The van der Waals surface area contributed by atoms with Crippen molar-refractivity contribution in [2.75, 3.05) is 14.2 Å². The molecule has 0 saturated carbocycles. The van der Waals surface area contributed by atoms with Gasteiger partial charge >= 0.3 is 5.97 Å². The lowest BCUT2D eigenvalue weighted by molar-refractivity contribution is -0.121. The Kier molecular flexibility index (Phi) is 6.47. The highest BCUT2D eigenvalue weighted by atomic mass is 32.2. The van der Waals surface area contributed by atoms with Crippen LogP contribution in [0.5, 0.6) is 11.5 Å². The number of hydrogen-bond acceptors (Lipinski definition) is 6. The quantitative estimate of drug-likeness (QED) is 0.688. The number of carboxylic acids is 1. The highest BCUT2D eigenvalue weighted by Crippen LogP contribution is 2.38. The third kappa shape index (κ3) is 4.65. The van der Waals surface area contributed by atoms with Crippen LogP contribution in [0.4, 0.5) is 5.69 Å².